The van der Waals surface area contributed by atoms with E-state index >= 15 is 0 Å². The molecule has 1 amide bonds. The second kappa shape index (κ2) is 9.04. The molecule has 5 N–H and O–H groups in total. The number of amides is 1. The number of hydrogen-bond acceptors (Lipinski definition) is 10. The summed E-state index contributed by atoms with van der Waals surface area (Å²) >= 11 is 2.67. The Morgan fingerprint density at radius 1 is 1.33 bits per heavy atom. The summed E-state index contributed by atoms with van der Waals surface area (Å²) in [6.45, 7) is -0.178. The van der Waals surface area contributed by atoms with Crippen LogP contribution in [-0.2, 0) is 11.4 Å². The van der Waals surface area contributed by atoms with Gasteiger partial charge in [-0.2, -0.15) is 9.61 Å². The molecule has 5 heterocycles. The maximum absolute atomic E-state index is 12.8. The Morgan fingerprint density at radius 2 is 2.19 bits per heavy atom. The fraction of sp³-hybridized carbons (Fsp3) is 0.273. The molecule has 14 heteroatoms. The maximum atomic E-state index is 12.8. The van der Waals surface area contributed by atoms with Crippen LogP contribution in [-0.4, -0.2) is 51.7 Å². The number of aromatic hydroxyl groups is 1. The number of nitrogens with zero attached hydrogens (tertiary/aromatic N) is 5. The van der Waals surface area contributed by atoms with Gasteiger partial charge in [0.05, 0.1) is 40.4 Å². The zero-order valence-electron chi connectivity index (χ0n) is 18.6. The monoisotopic (exact) mass is 524 g/mol. The van der Waals surface area contributed by atoms with Crippen molar-refractivity contribution in [2.45, 2.75) is 37.2 Å². The molecule has 0 radical (unpaired) electrons. The third kappa shape index (κ3) is 4.45. The first-order valence-corrected chi connectivity index (χ1v) is 12.9. The molecule has 0 aromatic carbocycles. The van der Waals surface area contributed by atoms with Crippen LogP contribution in [0.2, 0.25) is 0 Å². The van der Waals surface area contributed by atoms with E-state index in [0.29, 0.717) is 38.5 Å². The van der Waals surface area contributed by atoms with Crippen LogP contribution in [0.25, 0.3) is 11.7 Å². The lowest BCUT2D eigenvalue weighted by Crippen LogP contribution is -2.21. The van der Waals surface area contributed by atoms with Crippen LogP contribution >= 0.6 is 23.1 Å². The van der Waals surface area contributed by atoms with Gasteiger partial charge in [-0.3, -0.25) is 20.1 Å². The second-order valence-corrected chi connectivity index (χ2v) is 10.5. The Labute approximate surface area is 210 Å². The molecule has 1 atom stereocenters. The molecule has 184 valence electrons. The molecule has 1 aliphatic carbocycles. The minimum Gasteiger partial charge on any atom is -0.493 e. The minimum absolute atomic E-state index is 0.101. The highest BCUT2D eigenvalue weighted by Crippen LogP contribution is 2.43. The van der Waals surface area contributed by atoms with Crippen molar-refractivity contribution in [3.8, 4) is 5.88 Å². The van der Waals surface area contributed by atoms with E-state index in [4.69, 9.17) is 9.98 Å². The van der Waals surface area contributed by atoms with Gasteiger partial charge in [-0.15, -0.1) is 23.1 Å². The summed E-state index contributed by atoms with van der Waals surface area (Å²) in [5.74, 6) is -0.522. The van der Waals surface area contributed by atoms with Crippen LogP contribution in [0.4, 0.5) is 5.13 Å². The number of fused-ring (bicyclic) bond motifs is 1. The lowest BCUT2D eigenvalue weighted by molar-refractivity contribution is -0.112. The zero-order chi connectivity index (χ0) is 24.8. The summed E-state index contributed by atoms with van der Waals surface area (Å²) in [5.41, 5.74) is 2.18. The standard InChI is InChI=1S/C22H20N8O4S2/c31-8-12-9-35-22(25-12)29-20(33)16-4-3-15(36-16)13-6-17(24-11-1-2-11)30-18(26-13)10(7-23-30)5-14-19(32)28-21(34)27-14/h4-7,9,11,15,31-32H,1-3,8H2,(H,25,29,33)(H2,27,28,34). The van der Waals surface area contributed by atoms with E-state index in [-0.39, 0.29) is 35.4 Å². The molecule has 1 unspecified atom stereocenters. The number of thioether (sulfide) groups is 1. The second-order valence-electron chi connectivity index (χ2n) is 8.39. The summed E-state index contributed by atoms with van der Waals surface area (Å²) < 4.78 is 1.65. The highest BCUT2D eigenvalue weighted by atomic mass is 32.2. The third-order valence-electron chi connectivity index (χ3n) is 5.67. The van der Waals surface area contributed by atoms with Crippen molar-refractivity contribution in [2.75, 3.05) is 5.32 Å². The molecule has 6 rings (SSSR count). The number of aliphatic hydroxyl groups excluding tert-OH is 1. The van der Waals surface area contributed by atoms with Gasteiger partial charge >= 0.3 is 5.69 Å². The predicted molar refractivity (Wildman–Crippen MR) is 133 cm³/mol. The highest BCUT2D eigenvalue weighted by Gasteiger charge is 2.27. The number of hydrogen-bond donors (Lipinski definition) is 5. The maximum Gasteiger partial charge on any atom is 0.326 e. The van der Waals surface area contributed by atoms with Gasteiger partial charge in [0.1, 0.15) is 5.69 Å². The third-order valence-corrected chi connectivity index (χ3v) is 7.80. The van der Waals surface area contributed by atoms with Crippen molar-refractivity contribution in [3.63, 3.8) is 0 Å². The number of aromatic nitrogens is 6. The number of nitrogens with one attached hydrogen (secondary N) is 3. The summed E-state index contributed by atoms with van der Waals surface area (Å²) in [7, 11) is 0. The van der Waals surface area contributed by atoms with E-state index < -0.39 is 5.69 Å². The van der Waals surface area contributed by atoms with E-state index in [2.05, 4.69) is 25.4 Å². The number of imidazole rings is 1. The van der Waals surface area contributed by atoms with Gasteiger partial charge in [-0.1, -0.05) is 6.08 Å². The van der Waals surface area contributed by atoms with Crippen molar-refractivity contribution < 1.29 is 15.0 Å². The van der Waals surface area contributed by atoms with Gasteiger partial charge < -0.3 is 15.2 Å². The molecule has 12 nitrogen and oxygen atoms in total. The number of H-pyrrole nitrogens is 2. The molecular formula is C22H20N8O4S2. The number of aliphatic hydroxyl groups is 1. The van der Waals surface area contributed by atoms with Crippen molar-refractivity contribution in [1.29, 1.82) is 0 Å². The van der Waals surface area contributed by atoms with Crippen molar-refractivity contribution in [2.24, 2.45) is 4.99 Å². The molecule has 0 bridgehead atoms. The quantitative estimate of drug-likeness (QED) is 0.245. The predicted octanol–water partition coefficient (Wildman–Crippen LogP) is 0.712. The smallest absolute Gasteiger partial charge is 0.326 e. The van der Waals surface area contributed by atoms with E-state index in [9.17, 15) is 19.8 Å². The van der Waals surface area contributed by atoms with Crippen LogP contribution in [0.15, 0.2) is 38.4 Å². The van der Waals surface area contributed by atoms with Gasteiger partial charge in [-0.05, 0) is 25.3 Å². The van der Waals surface area contributed by atoms with E-state index in [0.717, 1.165) is 18.5 Å². The molecule has 1 saturated carbocycles. The molecule has 2 aliphatic rings. The van der Waals surface area contributed by atoms with Gasteiger partial charge in [-0.25, -0.2) is 14.8 Å². The number of carbonyl (C=O) groups is 1. The number of aromatic amines is 2. The lowest BCUT2D eigenvalue weighted by atomic mass is 10.2. The number of carbonyl (C=O) groups excluding carboxylic acids is 1. The van der Waals surface area contributed by atoms with Crippen molar-refractivity contribution in [1.82, 2.24) is 29.5 Å². The Bertz CT molecular complexity index is 1690. The van der Waals surface area contributed by atoms with Crippen LogP contribution in [0, 0.1) is 0 Å². The topological polar surface area (TPSA) is 174 Å². The molecule has 0 spiro atoms. The molecule has 0 saturated heterocycles. The van der Waals surface area contributed by atoms with Gasteiger partial charge in [0, 0.05) is 16.7 Å². The van der Waals surface area contributed by atoms with Crippen LogP contribution in [0.1, 0.15) is 41.6 Å². The molecule has 1 aliphatic heterocycles. The number of allylic oxidation sites excluding steroid dienone is 1. The summed E-state index contributed by atoms with van der Waals surface area (Å²) in [6, 6.07) is 2.15. The number of anilines is 1. The van der Waals surface area contributed by atoms with Gasteiger partial charge in [0.15, 0.2) is 16.3 Å². The average molecular weight is 525 g/mol. The summed E-state index contributed by atoms with van der Waals surface area (Å²) in [5, 5.41) is 29.0. The molecule has 4 aromatic heterocycles. The fourth-order valence-electron chi connectivity index (χ4n) is 3.77. The Hall–Kier alpha value is -3.75. The largest absolute Gasteiger partial charge is 0.493 e. The van der Waals surface area contributed by atoms with Crippen LogP contribution in [0.3, 0.4) is 0 Å². The normalized spacial score (nSPS) is 18.8. The Balaban J connectivity index is 1.32. The average Bonchev–Trinajstić information content (AvgIpc) is 3.24. The summed E-state index contributed by atoms with van der Waals surface area (Å²) in [4.78, 5) is 43.5. The van der Waals surface area contributed by atoms with Crippen LogP contribution in [0.5, 0.6) is 5.88 Å². The van der Waals surface area contributed by atoms with E-state index in [1.165, 1.54) is 23.1 Å². The Morgan fingerprint density at radius 3 is 2.92 bits per heavy atom. The molecule has 36 heavy (non-hydrogen) atoms. The molecular weight excluding hydrogens is 504 g/mol. The summed E-state index contributed by atoms with van der Waals surface area (Å²) in [6.07, 6.45) is 7.74. The van der Waals surface area contributed by atoms with Crippen molar-refractivity contribution in [3.05, 3.63) is 66.9 Å². The van der Waals surface area contributed by atoms with Crippen LogP contribution < -0.4 is 21.7 Å². The first-order valence-electron chi connectivity index (χ1n) is 11.2. The first kappa shape index (κ1) is 22.7. The highest BCUT2D eigenvalue weighted by molar-refractivity contribution is 8.04. The van der Waals surface area contributed by atoms with Gasteiger partial charge in [0.2, 0.25) is 5.88 Å². The lowest BCUT2D eigenvalue weighted by Gasteiger charge is -2.10. The van der Waals surface area contributed by atoms with E-state index in [1.807, 2.05) is 12.1 Å². The SMILES string of the molecule is O=C(Nc1nc(CO)cs1)C1=CCC(c2cc(=NC3CC3)n3ncc(=Cc4[nH]c(=O)[nH]c4O)c3n2)S1. The molecule has 4 aromatic rings. The Kier molecular flexibility index (Phi) is 5.70. The minimum atomic E-state index is -0.516. The number of thiazole rings is 1. The number of rotatable bonds is 6. The zero-order valence-corrected chi connectivity index (χ0v) is 20.3. The van der Waals surface area contributed by atoms with E-state index in [1.54, 1.807) is 22.2 Å². The van der Waals surface area contributed by atoms with Gasteiger partial charge in [0.25, 0.3) is 5.91 Å². The molecule has 1 fully saturated rings. The first-order chi connectivity index (χ1) is 17.5. The fourth-order valence-corrected chi connectivity index (χ4v) is 5.55. The van der Waals surface area contributed by atoms with Crippen molar-refractivity contribution >= 4 is 45.9 Å².